The number of halogens is 1. The summed E-state index contributed by atoms with van der Waals surface area (Å²) in [4.78, 5) is 0. The van der Waals surface area contributed by atoms with E-state index in [-0.39, 0.29) is 6.04 Å². The molecule has 0 bridgehead atoms. The van der Waals surface area contributed by atoms with Crippen molar-refractivity contribution in [2.24, 2.45) is 5.10 Å². The Bertz CT molecular complexity index is 938. The van der Waals surface area contributed by atoms with E-state index in [1.165, 1.54) is 0 Å². The normalized spacial score (nSPS) is 19.5. The lowest BCUT2D eigenvalue weighted by molar-refractivity contribution is 0.217. The molecule has 1 heterocycles. The smallest absolute Gasteiger partial charge is 0.125 e. The summed E-state index contributed by atoms with van der Waals surface area (Å²) in [5, 5.41) is 17.9. The molecule has 3 aromatic rings. The number of rotatable bonds is 3. The molecule has 4 heteroatoms. The molecule has 26 heavy (non-hydrogen) atoms. The monoisotopic (exact) mass is 406 g/mol. The second kappa shape index (κ2) is 7.06. The first kappa shape index (κ1) is 17.0. The molecule has 0 aromatic heterocycles. The third-order valence-corrected chi connectivity index (χ3v) is 5.13. The lowest BCUT2D eigenvalue weighted by Crippen LogP contribution is -2.30. The molecule has 0 radical (unpaired) electrons. The second-order valence-electron chi connectivity index (χ2n) is 6.48. The molecule has 3 aromatic carbocycles. The van der Waals surface area contributed by atoms with Crippen molar-refractivity contribution in [3.05, 3.63) is 100 Å². The van der Waals surface area contributed by atoms with Gasteiger partial charge in [-0.3, -0.25) is 5.01 Å². The topological polar surface area (TPSA) is 35.8 Å². The summed E-state index contributed by atoms with van der Waals surface area (Å²) in [6.07, 6.45) is -0.709. The van der Waals surface area contributed by atoms with Gasteiger partial charge in [0.15, 0.2) is 0 Å². The maximum Gasteiger partial charge on any atom is 0.125 e. The molecule has 0 amide bonds. The van der Waals surface area contributed by atoms with Crippen LogP contribution in [-0.2, 0) is 0 Å². The Hall–Kier alpha value is -2.43. The predicted octanol–water partition coefficient (Wildman–Crippen LogP) is 5.08. The van der Waals surface area contributed by atoms with Crippen molar-refractivity contribution in [3.63, 3.8) is 0 Å². The van der Waals surface area contributed by atoms with Crippen molar-refractivity contribution in [2.45, 2.75) is 19.1 Å². The number of aryl methyl sites for hydroxylation is 1. The van der Waals surface area contributed by atoms with Gasteiger partial charge >= 0.3 is 0 Å². The van der Waals surface area contributed by atoms with Crippen molar-refractivity contribution in [3.8, 4) is 0 Å². The number of anilines is 1. The first-order valence-electron chi connectivity index (χ1n) is 8.57. The highest BCUT2D eigenvalue weighted by molar-refractivity contribution is 9.10. The van der Waals surface area contributed by atoms with Gasteiger partial charge in [-0.1, -0.05) is 70.5 Å². The molecule has 130 valence electrons. The first-order valence-corrected chi connectivity index (χ1v) is 9.36. The zero-order valence-electron chi connectivity index (χ0n) is 14.4. The summed E-state index contributed by atoms with van der Waals surface area (Å²) < 4.78 is 1.01. The largest absolute Gasteiger partial charge is 0.384 e. The van der Waals surface area contributed by atoms with Crippen LogP contribution in [0.2, 0.25) is 0 Å². The van der Waals surface area contributed by atoms with Crippen molar-refractivity contribution in [1.82, 2.24) is 0 Å². The minimum atomic E-state index is -0.709. The van der Waals surface area contributed by atoms with Crippen LogP contribution in [-0.4, -0.2) is 16.9 Å². The SMILES string of the molecule is Cc1cccc(N2N=C(c3ccccc3)C(O)C2c2ccc(Br)cc2)c1. The van der Waals surface area contributed by atoms with Crippen molar-refractivity contribution in [1.29, 1.82) is 0 Å². The van der Waals surface area contributed by atoms with E-state index in [1.54, 1.807) is 0 Å². The Kier molecular flexibility index (Phi) is 4.62. The summed E-state index contributed by atoms with van der Waals surface area (Å²) in [5.74, 6) is 0. The molecule has 0 fully saturated rings. The van der Waals surface area contributed by atoms with E-state index >= 15 is 0 Å². The van der Waals surface area contributed by atoms with Crippen molar-refractivity contribution in [2.75, 3.05) is 5.01 Å². The van der Waals surface area contributed by atoms with Gasteiger partial charge in [-0.25, -0.2) is 0 Å². The highest BCUT2D eigenvalue weighted by atomic mass is 79.9. The summed E-state index contributed by atoms with van der Waals surface area (Å²) in [6.45, 7) is 2.06. The number of hydrogen-bond donors (Lipinski definition) is 1. The van der Waals surface area contributed by atoms with Crippen LogP contribution in [0.25, 0.3) is 0 Å². The fraction of sp³-hybridized carbons (Fsp3) is 0.136. The molecule has 0 spiro atoms. The van der Waals surface area contributed by atoms with Crippen LogP contribution < -0.4 is 5.01 Å². The Morgan fingerprint density at radius 1 is 0.923 bits per heavy atom. The maximum atomic E-state index is 11.1. The van der Waals surface area contributed by atoms with Gasteiger partial charge in [-0.15, -0.1) is 0 Å². The fourth-order valence-electron chi connectivity index (χ4n) is 3.33. The number of nitrogens with zero attached hydrogens (tertiary/aromatic N) is 2. The zero-order valence-corrected chi connectivity index (χ0v) is 16.0. The van der Waals surface area contributed by atoms with Crippen LogP contribution in [0.3, 0.4) is 0 Å². The van der Waals surface area contributed by atoms with E-state index in [0.29, 0.717) is 5.71 Å². The highest BCUT2D eigenvalue weighted by Crippen LogP contribution is 2.37. The molecule has 1 aliphatic heterocycles. The molecule has 0 saturated carbocycles. The standard InChI is InChI=1S/C22H19BrN2O/c1-15-6-5-9-19(14-15)25-21(17-10-12-18(23)13-11-17)22(26)20(24-25)16-7-3-2-4-8-16/h2-14,21-22,26H,1H3. The highest BCUT2D eigenvalue weighted by Gasteiger charge is 2.38. The third-order valence-electron chi connectivity index (χ3n) is 4.61. The molecule has 2 atom stereocenters. The van der Waals surface area contributed by atoms with Crippen LogP contribution in [0, 0.1) is 6.92 Å². The molecule has 3 nitrogen and oxygen atoms in total. The molecular weight excluding hydrogens is 388 g/mol. The van der Waals surface area contributed by atoms with Crippen LogP contribution in [0.4, 0.5) is 5.69 Å². The average Bonchev–Trinajstić information content (AvgIpc) is 3.00. The minimum absolute atomic E-state index is 0.264. The van der Waals surface area contributed by atoms with E-state index in [9.17, 15) is 5.11 Å². The lowest BCUT2D eigenvalue weighted by atomic mass is 9.95. The summed E-state index contributed by atoms with van der Waals surface area (Å²) in [6, 6.07) is 25.9. The quantitative estimate of drug-likeness (QED) is 0.657. The fourth-order valence-corrected chi connectivity index (χ4v) is 3.59. The predicted molar refractivity (Wildman–Crippen MR) is 110 cm³/mol. The van der Waals surface area contributed by atoms with Crippen LogP contribution in [0.15, 0.2) is 88.4 Å². The van der Waals surface area contributed by atoms with E-state index in [4.69, 9.17) is 5.10 Å². The van der Waals surface area contributed by atoms with Gasteiger partial charge in [0.05, 0.1) is 11.4 Å². The minimum Gasteiger partial charge on any atom is -0.384 e. The third kappa shape index (κ3) is 3.18. The average molecular weight is 407 g/mol. The zero-order chi connectivity index (χ0) is 18.1. The Morgan fingerprint density at radius 2 is 1.65 bits per heavy atom. The number of hydrogen-bond acceptors (Lipinski definition) is 3. The molecule has 2 unspecified atom stereocenters. The molecule has 1 aliphatic rings. The molecule has 0 aliphatic carbocycles. The number of hydrazone groups is 1. The van der Waals surface area contributed by atoms with Gasteiger partial charge in [-0.05, 0) is 42.3 Å². The van der Waals surface area contributed by atoms with Crippen LogP contribution in [0.5, 0.6) is 0 Å². The Balaban J connectivity index is 1.82. The maximum absolute atomic E-state index is 11.1. The molecule has 1 N–H and O–H groups in total. The van der Waals surface area contributed by atoms with Crippen molar-refractivity contribution >= 4 is 27.3 Å². The van der Waals surface area contributed by atoms with E-state index in [2.05, 4.69) is 35.0 Å². The molecule has 0 saturated heterocycles. The van der Waals surface area contributed by atoms with E-state index in [1.807, 2.05) is 71.7 Å². The van der Waals surface area contributed by atoms with Gasteiger partial charge in [0.1, 0.15) is 12.1 Å². The van der Waals surface area contributed by atoms with Gasteiger partial charge in [0.2, 0.25) is 0 Å². The van der Waals surface area contributed by atoms with Gasteiger partial charge in [0, 0.05) is 10.0 Å². The second-order valence-corrected chi connectivity index (χ2v) is 7.39. The Labute approximate surface area is 161 Å². The molecular formula is C22H19BrN2O. The van der Waals surface area contributed by atoms with Crippen molar-refractivity contribution < 1.29 is 5.11 Å². The van der Waals surface area contributed by atoms with Gasteiger partial charge < -0.3 is 5.11 Å². The van der Waals surface area contributed by atoms with E-state index < -0.39 is 6.10 Å². The number of aliphatic hydroxyl groups is 1. The molecule has 4 rings (SSSR count). The summed E-state index contributed by atoms with van der Waals surface area (Å²) in [5.41, 5.74) is 4.80. The summed E-state index contributed by atoms with van der Waals surface area (Å²) in [7, 11) is 0. The first-order chi connectivity index (χ1) is 12.6. The van der Waals surface area contributed by atoms with Gasteiger partial charge in [-0.2, -0.15) is 5.10 Å². The van der Waals surface area contributed by atoms with Crippen LogP contribution >= 0.6 is 15.9 Å². The Morgan fingerprint density at radius 3 is 2.35 bits per heavy atom. The lowest BCUT2D eigenvalue weighted by Gasteiger charge is -2.26. The number of benzene rings is 3. The van der Waals surface area contributed by atoms with Crippen LogP contribution in [0.1, 0.15) is 22.7 Å². The summed E-state index contributed by atoms with van der Waals surface area (Å²) >= 11 is 3.48. The van der Waals surface area contributed by atoms with E-state index in [0.717, 1.165) is 26.9 Å². The number of aliphatic hydroxyl groups excluding tert-OH is 1. The van der Waals surface area contributed by atoms with Gasteiger partial charge in [0.25, 0.3) is 0 Å².